The van der Waals surface area contributed by atoms with Gasteiger partial charge in [-0.2, -0.15) is 0 Å². The van der Waals surface area contributed by atoms with Crippen LogP contribution < -0.4 is 10.6 Å². The molecule has 3 rings (SSSR count). The molecule has 0 saturated heterocycles. The van der Waals surface area contributed by atoms with Gasteiger partial charge in [-0.25, -0.2) is 4.98 Å². The number of carbonyl (C=O) groups excluding carboxylic acids is 1. The van der Waals surface area contributed by atoms with Crippen molar-refractivity contribution in [3.05, 3.63) is 89.2 Å². The van der Waals surface area contributed by atoms with Gasteiger partial charge in [-0.3, -0.25) is 4.79 Å². The summed E-state index contributed by atoms with van der Waals surface area (Å²) < 4.78 is 0. The van der Waals surface area contributed by atoms with Gasteiger partial charge in [-0.05, 0) is 54.3 Å². The van der Waals surface area contributed by atoms with E-state index in [1.807, 2.05) is 42.5 Å². The van der Waals surface area contributed by atoms with Gasteiger partial charge in [0.2, 0.25) is 0 Å². The molecule has 2 aromatic carbocycles. The first kappa shape index (κ1) is 17.7. The fraction of sp³-hybridized carbons (Fsp3) is 0.182. The van der Waals surface area contributed by atoms with Crippen molar-refractivity contribution in [2.75, 3.05) is 10.6 Å². The first-order valence-electron chi connectivity index (χ1n) is 8.80. The quantitative estimate of drug-likeness (QED) is 0.673. The summed E-state index contributed by atoms with van der Waals surface area (Å²) in [6, 6.07) is 19.7. The van der Waals surface area contributed by atoms with Crippen LogP contribution in [-0.2, 0) is 13.0 Å². The molecule has 0 aliphatic carbocycles. The van der Waals surface area contributed by atoms with Crippen molar-refractivity contribution in [1.82, 2.24) is 4.98 Å². The highest BCUT2D eigenvalue weighted by atomic mass is 16.1. The fourth-order valence-corrected chi connectivity index (χ4v) is 2.66. The molecule has 1 amide bonds. The third-order valence-electron chi connectivity index (χ3n) is 4.36. The zero-order valence-corrected chi connectivity index (χ0v) is 15.1. The topological polar surface area (TPSA) is 54.0 Å². The van der Waals surface area contributed by atoms with Crippen LogP contribution in [0, 0.1) is 6.92 Å². The number of carbonyl (C=O) groups is 1. The van der Waals surface area contributed by atoms with Gasteiger partial charge in [0.05, 0.1) is 11.9 Å². The maximum Gasteiger partial charge on any atom is 0.274 e. The standard InChI is InChI=1S/C22H23N3O/c1-3-17-8-10-19(11-9-17)25-22(26)21-13-12-20(15-24-21)23-14-18-7-5-4-6-16(18)2/h4-13,15,23H,3,14H2,1-2H3,(H,25,26). The lowest BCUT2D eigenvalue weighted by Gasteiger charge is -2.09. The lowest BCUT2D eigenvalue weighted by molar-refractivity contribution is 0.102. The lowest BCUT2D eigenvalue weighted by atomic mass is 10.1. The highest BCUT2D eigenvalue weighted by Gasteiger charge is 2.08. The number of pyridine rings is 1. The van der Waals surface area contributed by atoms with Crippen LogP contribution in [0.2, 0.25) is 0 Å². The van der Waals surface area contributed by atoms with Gasteiger partial charge in [0, 0.05) is 12.2 Å². The molecule has 0 atom stereocenters. The van der Waals surface area contributed by atoms with E-state index in [0.717, 1.165) is 24.3 Å². The normalized spacial score (nSPS) is 10.4. The summed E-state index contributed by atoms with van der Waals surface area (Å²) in [6.45, 7) is 4.92. The molecule has 132 valence electrons. The first-order chi connectivity index (χ1) is 12.7. The van der Waals surface area contributed by atoms with Crippen molar-refractivity contribution in [2.24, 2.45) is 0 Å². The Hall–Kier alpha value is -3.14. The van der Waals surface area contributed by atoms with Crippen molar-refractivity contribution < 1.29 is 4.79 Å². The number of aromatic nitrogens is 1. The Bertz CT molecular complexity index is 871. The molecular weight excluding hydrogens is 322 g/mol. The van der Waals surface area contributed by atoms with E-state index < -0.39 is 0 Å². The monoisotopic (exact) mass is 345 g/mol. The Morgan fingerprint density at radius 3 is 2.35 bits per heavy atom. The summed E-state index contributed by atoms with van der Waals surface area (Å²) in [7, 11) is 0. The molecule has 4 heteroatoms. The predicted octanol–water partition coefficient (Wildman–Crippen LogP) is 4.82. The van der Waals surface area contributed by atoms with Crippen molar-refractivity contribution >= 4 is 17.3 Å². The second-order valence-electron chi connectivity index (χ2n) is 6.22. The summed E-state index contributed by atoms with van der Waals surface area (Å²) in [4.78, 5) is 16.6. The molecule has 26 heavy (non-hydrogen) atoms. The molecular formula is C22H23N3O. The molecule has 0 unspecified atom stereocenters. The fourth-order valence-electron chi connectivity index (χ4n) is 2.66. The number of aryl methyl sites for hydroxylation is 2. The largest absolute Gasteiger partial charge is 0.380 e. The predicted molar refractivity (Wildman–Crippen MR) is 107 cm³/mol. The zero-order chi connectivity index (χ0) is 18.4. The summed E-state index contributed by atoms with van der Waals surface area (Å²) in [6.07, 6.45) is 2.67. The highest BCUT2D eigenvalue weighted by molar-refractivity contribution is 6.02. The highest BCUT2D eigenvalue weighted by Crippen LogP contribution is 2.14. The van der Waals surface area contributed by atoms with Gasteiger partial charge in [0.1, 0.15) is 5.69 Å². The van der Waals surface area contributed by atoms with Crippen molar-refractivity contribution in [3.8, 4) is 0 Å². The van der Waals surface area contributed by atoms with E-state index in [4.69, 9.17) is 0 Å². The summed E-state index contributed by atoms with van der Waals surface area (Å²) in [5, 5.41) is 6.21. The molecule has 0 fully saturated rings. The molecule has 0 aliphatic heterocycles. The van der Waals surface area contributed by atoms with Gasteiger partial charge < -0.3 is 10.6 Å². The molecule has 2 N–H and O–H groups in total. The van der Waals surface area contributed by atoms with Crippen LogP contribution in [0.25, 0.3) is 0 Å². The Balaban J connectivity index is 1.59. The van der Waals surface area contributed by atoms with Crippen LogP contribution in [0.5, 0.6) is 0 Å². The average molecular weight is 345 g/mol. The maximum absolute atomic E-state index is 12.3. The molecule has 1 heterocycles. The Labute approximate surface area is 154 Å². The van der Waals surface area contributed by atoms with Gasteiger partial charge in [-0.15, -0.1) is 0 Å². The van der Waals surface area contributed by atoms with Crippen LogP contribution in [-0.4, -0.2) is 10.9 Å². The summed E-state index contributed by atoms with van der Waals surface area (Å²) in [5.74, 6) is -0.209. The van der Waals surface area contributed by atoms with Crippen LogP contribution >= 0.6 is 0 Å². The number of anilines is 2. The van der Waals surface area contributed by atoms with Crippen molar-refractivity contribution in [1.29, 1.82) is 0 Å². The van der Waals surface area contributed by atoms with E-state index in [9.17, 15) is 4.79 Å². The molecule has 0 bridgehead atoms. The van der Waals surface area contributed by atoms with E-state index in [0.29, 0.717) is 5.69 Å². The van der Waals surface area contributed by atoms with E-state index in [1.165, 1.54) is 16.7 Å². The van der Waals surface area contributed by atoms with Crippen molar-refractivity contribution in [3.63, 3.8) is 0 Å². The van der Waals surface area contributed by atoms with E-state index in [2.05, 4.69) is 41.6 Å². The molecule has 4 nitrogen and oxygen atoms in total. The first-order valence-corrected chi connectivity index (χ1v) is 8.80. The Kier molecular flexibility index (Phi) is 5.64. The minimum atomic E-state index is -0.209. The number of amides is 1. The minimum absolute atomic E-state index is 0.209. The number of nitrogens with zero attached hydrogens (tertiary/aromatic N) is 1. The number of hydrogen-bond acceptors (Lipinski definition) is 3. The van der Waals surface area contributed by atoms with Crippen LogP contribution in [0.15, 0.2) is 66.9 Å². The molecule has 0 radical (unpaired) electrons. The average Bonchev–Trinajstić information content (AvgIpc) is 2.68. The second-order valence-corrected chi connectivity index (χ2v) is 6.22. The number of benzene rings is 2. The molecule has 0 saturated carbocycles. The van der Waals surface area contributed by atoms with Crippen LogP contribution in [0.4, 0.5) is 11.4 Å². The smallest absolute Gasteiger partial charge is 0.274 e. The zero-order valence-electron chi connectivity index (χ0n) is 15.1. The number of hydrogen-bond donors (Lipinski definition) is 2. The third kappa shape index (κ3) is 4.48. The Morgan fingerprint density at radius 1 is 0.962 bits per heavy atom. The SMILES string of the molecule is CCc1ccc(NC(=O)c2ccc(NCc3ccccc3C)cn2)cc1. The van der Waals surface area contributed by atoms with Gasteiger partial charge in [0.25, 0.3) is 5.91 Å². The molecule has 0 spiro atoms. The van der Waals surface area contributed by atoms with Crippen LogP contribution in [0.3, 0.4) is 0 Å². The Morgan fingerprint density at radius 2 is 1.69 bits per heavy atom. The minimum Gasteiger partial charge on any atom is -0.380 e. The molecule has 0 aliphatic rings. The summed E-state index contributed by atoms with van der Waals surface area (Å²) in [5.41, 5.74) is 5.78. The van der Waals surface area contributed by atoms with Crippen molar-refractivity contribution in [2.45, 2.75) is 26.8 Å². The third-order valence-corrected chi connectivity index (χ3v) is 4.36. The van der Waals surface area contributed by atoms with Gasteiger partial charge in [0.15, 0.2) is 0 Å². The van der Waals surface area contributed by atoms with E-state index in [1.54, 1.807) is 12.3 Å². The lowest BCUT2D eigenvalue weighted by Crippen LogP contribution is -2.13. The molecule has 1 aromatic heterocycles. The molecule has 3 aromatic rings. The van der Waals surface area contributed by atoms with Gasteiger partial charge >= 0.3 is 0 Å². The number of rotatable bonds is 6. The van der Waals surface area contributed by atoms with Crippen LogP contribution in [0.1, 0.15) is 34.1 Å². The maximum atomic E-state index is 12.3. The summed E-state index contributed by atoms with van der Waals surface area (Å²) >= 11 is 0. The van der Waals surface area contributed by atoms with E-state index >= 15 is 0 Å². The van der Waals surface area contributed by atoms with Gasteiger partial charge in [-0.1, -0.05) is 43.3 Å². The van der Waals surface area contributed by atoms with E-state index in [-0.39, 0.29) is 5.91 Å². The second kappa shape index (κ2) is 8.30. The number of nitrogens with one attached hydrogen (secondary N) is 2.